The van der Waals surface area contributed by atoms with E-state index in [2.05, 4.69) is 28.6 Å². The van der Waals surface area contributed by atoms with E-state index in [1.54, 1.807) is 11.8 Å². The second kappa shape index (κ2) is 8.17. The third kappa shape index (κ3) is 4.72. The molecule has 0 bridgehead atoms. The fourth-order valence-electron chi connectivity index (χ4n) is 2.18. The fourth-order valence-corrected chi connectivity index (χ4v) is 2.61. The Bertz CT molecular complexity index is 416. The van der Waals surface area contributed by atoms with E-state index in [-0.39, 0.29) is 5.91 Å². The highest BCUT2D eigenvalue weighted by molar-refractivity contribution is 7.98. The number of hydrogen-bond acceptors (Lipinski definition) is 4. The molecule has 5 heteroatoms. The first-order valence-corrected chi connectivity index (χ1v) is 8.40. The zero-order valence-electron chi connectivity index (χ0n) is 11.9. The minimum Gasteiger partial charge on any atom is -0.378 e. The van der Waals surface area contributed by atoms with E-state index < -0.39 is 0 Å². The van der Waals surface area contributed by atoms with Crippen molar-refractivity contribution in [2.24, 2.45) is 0 Å². The highest BCUT2D eigenvalue weighted by atomic mass is 32.2. The van der Waals surface area contributed by atoms with Gasteiger partial charge < -0.3 is 15.0 Å². The monoisotopic (exact) mass is 294 g/mol. The van der Waals surface area contributed by atoms with Crippen molar-refractivity contribution >= 4 is 29.0 Å². The topological polar surface area (TPSA) is 41.6 Å². The molecule has 0 atom stereocenters. The quantitative estimate of drug-likeness (QED) is 0.819. The van der Waals surface area contributed by atoms with Crippen molar-refractivity contribution in [1.29, 1.82) is 0 Å². The van der Waals surface area contributed by atoms with Gasteiger partial charge in [-0.05, 0) is 42.7 Å². The standard InChI is InChI=1S/C15H22N2O2S/c1-20-12-2-3-15(18)16-13-4-6-14(7-5-13)17-8-10-19-11-9-17/h4-7H,2-3,8-12H2,1H3,(H,16,18). The number of nitrogens with one attached hydrogen (secondary N) is 1. The Hall–Kier alpha value is -1.20. The summed E-state index contributed by atoms with van der Waals surface area (Å²) in [4.78, 5) is 14.0. The number of hydrogen-bond donors (Lipinski definition) is 1. The maximum atomic E-state index is 11.7. The molecule has 0 radical (unpaired) electrons. The highest BCUT2D eigenvalue weighted by Gasteiger charge is 2.11. The number of morpholine rings is 1. The van der Waals surface area contributed by atoms with Gasteiger partial charge in [0.2, 0.25) is 5.91 Å². The lowest BCUT2D eigenvalue weighted by Gasteiger charge is -2.28. The van der Waals surface area contributed by atoms with Gasteiger partial charge in [0.25, 0.3) is 0 Å². The number of thioether (sulfide) groups is 1. The van der Waals surface area contributed by atoms with Crippen LogP contribution in [0.15, 0.2) is 24.3 Å². The Kier molecular flexibility index (Phi) is 6.21. The molecule has 0 spiro atoms. The minimum absolute atomic E-state index is 0.0955. The molecule has 1 saturated heterocycles. The third-order valence-corrected chi connectivity index (χ3v) is 3.98. The number of rotatable bonds is 6. The summed E-state index contributed by atoms with van der Waals surface area (Å²) in [7, 11) is 0. The smallest absolute Gasteiger partial charge is 0.224 e. The average molecular weight is 294 g/mol. The molecule has 1 aliphatic heterocycles. The van der Waals surface area contributed by atoms with Gasteiger partial charge in [-0.2, -0.15) is 11.8 Å². The van der Waals surface area contributed by atoms with E-state index in [0.29, 0.717) is 6.42 Å². The Morgan fingerprint density at radius 1 is 1.30 bits per heavy atom. The summed E-state index contributed by atoms with van der Waals surface area (Å²) in [6.07, 6.45) is 3.58. The average Bonchev–Trinajstić information content (AvgIpc) is 2.49. The zero-order chi connectivity index (χ0) is 14.2. The lowest BCUT2D eigenvalue weighted by molar-refractivity contribution is -0.116. The number of anilines is 2. The molecule has 1 heterocycles. The molecule has 0 aromatic heterocycles. The van der Waals surface area contributed by atoms with Gasteiger partial charge in [0.05, 0.1) is 13.2 Å². The molecular weight excluding hydrogens is 272 g/mol. The third-order valence-electron chi connectivity index (χ3n) is 3.28. The highest BCUT2D eigenvalue weighted by Crippen LogP contribution is 2.19. The summed E-state index contributed by atoms with van der Waals surface area (Å²) >= 11 is 1.77. The van der Waals surface area contributed by atoms with Gasteiger partial charge in [0.1, 0.15) is 0 Å². The molecule has 110 valence electrons. The number of ether oxygens (including phenoxy) is 1. The van der Waals surface area contributed by atoms with Crippen LogP contribution in [-0.4, -0.2) is 44.2 Å². The van der Waals surface area contributed by atoms with Crippen LogP contribution in [0.25, 0.3) is 0 Å². The Morgan fingerprint density at radius 3 is 2.65 bits per heavy atom. The first-order chi connectivity index (χ1) is 9.79. The lowest BCUT2D eigenvalue weighted by Crippen LogP contribution is -2.36. The van der Waals surface area contributed by atoms with Crippen molar-refractivity contribution in [3.05, 3.63) is 24.3 Å². The molecule has 1 amide bonds. The molecule has 0 aliphatic carbocycles. The van der Waals surface area contributed by atoms with Crippen LogP contribution in [0, 0.1) is 0 Å². The van der Waals surface area contributed by atoms with Crippen LogP contribution >= 0.6 is 11.8 Å². The zero-order valence-corrected chi connectivity index (χ0v) is 12.7. The van der Waals surface area contributed by atoms with Gasteiger partial charge in [-0.1, -0.05) is 0 Å². The van der Waals surface area contributed by atoms with Crippen molar-refractivity contribution in [2.75, 3.05) is 48.5 Å². The second-order valence-corrected chi connectivity index (χ2v) is 5.78. The maximum absolute atomic E-state index is 11.7. The summed E-state index contributed by atoms with van der Waals surface area (Å²) in [5, 5.41) is 2.94. The molecule has 1 aromatic rings. The van der Waals surface area contributed by atoms with Crippen LogP contribution in [0.3, 0.4) is 0 Å². The molecule has 4 nitrogen and oxygen atoms in total. The summed E-state index contributed by atoms with van der Waals surface area (Å²) in [5.74, 6) is 1.13. The van der Waals surface area contributed by atoms with Gasteiger partial charge in [0, 0.05) is 30.9 Å². The van der Waals surface area contributed by atoms with Crippen molar-refractivity contribution in [1.82, 2.24) is 0 Å². The predicted molar refractivity (Wildman–Crippen MR) is 85.7 cm³/mol. The predicted octanol–water partition coefficient (Wildman–Crippen LogP) is 2.60. The molecule has 1 aromatic carbocycles. The van der Waals surface area contributed by atoms with Crippen LogP contribution in [0.2, 0.25) is 0 Å². The SMILES string of the molecule is CSCCCC(=O)Nc1ccc(N2CCOCC2)cc1. The van der Waals surface area contributed by atoms with E-state index in [9.17, 15) is 4.79 Å². The molecule has 0 unspecified atom stereocenters. The van der Waals surface area contributed by atoms with Gasteiger partial charge in [-0.15, -0.1) is 0 Å². The number of nitrogens with zero attached hydrogens (tertiary/aromatic N) is 1. The van der Waals surface area contributed by atoms with Crippen molar-refractivity contribution < 1.29 is 9.53 Å². The van der Waals surface area contributed by atoms with Crippen molar-refractivity contribution in [3.63, 3.8) is 0 Å². The summed E-state index contributed by atoms with van der Waals surface area (Å²) < 4.78 is 5.34. The largest absolute Gasteiger partial charge is 0.378 e. The molecule has 2 rings (SSSR count). The van der Waals surface area contributed by atoms with E-state index in [1.165, 1.54) is 5.69 Å². The summed E-state index contributed by atoms with van der Waals surface area (Å²) in [6.45, 7) is 3.43. The molecule has 1 fully saturated rings. The van der Waals surface area contributed by atoms with Crippen LogP contribution in [0.5, 0.6) is 0 Å². The maximum Gasteiger partial charge on any atom is 0.224 e. The van der Waals surface area contributed by atoms with Crippen molar-refractivity contribution in [3.8, 4) is 0 Å². The van der Waals surface area contributed by atoms with Gasteiger partial charge in [0.15, 0.2) is 0 Å². The summed E-state index contributed by atoms with van der Waals surface area (Å²) in [6, 6.07) is 8.06. The van der Waals surface area contributed by atoms with Crippen LogP contribution in [0.4, 0.5) is 11.4 Å². The number of carbonyl (C=O) groups excluding carboxylic acids is 1. The van der Waals surface area contributed by atoms with Gasteiger partial charge in [-0.3, -0.25) is 4.79 Å². The fraction of sp³-hybridized carbons (Fsp3) is 0.533. The molecule has 1 N–H and O–H groups in total. The van der Waals surface area contributed by atoms with Crippen LogP contribution in [0.1, 0.15) is 12.8 Å². The lowest BCUT2D eigenvalue weighted by atomic mass is 10.2. The van der Waals surface area contributed by atoms with E-state index in [4.69, 9.17) is 4.74 Å². The van der Waals surface area contributed by atoms with E-state index in [1.807, 2.05) is 12.1 Å². The Labute approximate surface area is 124 Å². The van der Waals surface area contributed by atoms with E-state index in [0.717, 1.165) is 44.2 Å². The Morgan fingerprint density at radius 2 is 2.00 bits per heavy atom. The number of amides is 1. The van der Waals surface area contributed by atoms with Crippen molar-refractivity contribution in [2.45, 2.75) is 12.8 Å². The second-order valence-electron chi connectivity index (χ2n) is 4.79. The molecular formula is C15H22N2O2S. The number of carbonyl (C=O) groups is 1. The minimum atomic E-state index is 0.0955. The normalized spacial score (nSPS) is 15.2. The first kappa shape index (κ1) is 15.2. The molecule has 0 saturated carbocycles. The number of benzene rings is 1. The summed E-state index contributed by atoms with van der Waals surface area (Å²) in [5.41, 5.74) is 2.06. The molecule has 20 heavy (non-hydrogen) atoms. The van der Waals surface area contributed by atoms with Gasteiger partial charge in [-0.25, -0.2) is 0 Å². The Balaban J connectivity index is 1.83. The first-order valence-electron chi connectivity index (χ1n) is 7.01. The van der Waals surface area contributed by atoms with Crippen LogP contribution < -0.4 is 10.2 Å². The van der Waals surface area contributed by atoms with Gasteiger partial charge >= 0.3 is 0 Å². The van der Waals surface area contributed by atoms with Crippen LogP contribution in [-0.2, 0) is 9.53 Å². The van der Waals surface area contributed by atoms with E-state index >= 15 is 0 Å². The molecule has 1 aliphatic rings.